The van der Waals surface area contributed by atoms with Gasteiger partial charge >= 0.3 is 0 Å². The molecule has 0 radical (unpaired) electrons. The largest absolute Gasteiger partial charge is 0.494 e. The third kappa shape index (κ3) is 4.21. The van der Waals surface area contributed by atoms with Gasteiger partial charge in [-0.15, -0.1) is 0 Å². The van der Waals surface area contributed by atoms with Crippen LogP contribution in [0.2, 0.25) is 0 Å². The van der Waals surface area contributed by atoms with Crippen molar-refractivity contribution in [3.05, 3.63) is 29.8 Å². The summed E-state index contributed by atoms with van der Waals surface area (Å²) in [6.45, 7) is 5.41. The van der Waals surface area contributed by atoms with E-state index in [1.54, 1.807) is 11.8 Å². The molecular weight excluding hydrogens is 268 g/mol. The Hall–Kier alpha value is -2.04. The molecule has 1 saturated heterocycles. The van der Waals surface area contributed by atoms with Gasteiger partial charge in [0.15, 0.2) is 0 Å². The fraction of sp³-hybridized carbons (Fsp3) is 0.500. The van der Waals surface area contributed by atoms with Crippen molar-refractivity contribution in [3.63, 3.8) is 0 Å². The monoisotopic (exact) mass is 290 g/mol. The van der Waals surface area contributed by atoms with E-state index in [1.165, 1.54) is 5.56 Å². The van der Waals surface area contributed by atoms with Crippen LogP contribution in [0, 0.1) is 6.92 Å². The van der Waals surface area contributed by atoms with Gasteiger partial charge < -0.3 is 15.0 Å². The third-order valence-corrected chi connectivity index (χ3v) is 3.64. The van der Waals surface area contributed by atoms with Crippen molar-refractivity contribution in [1.82, 2.24) is 10.2 Å². The van der Waals surface area contributed by atoms with E-state index >= 15 is 0 Å². The fourth-order valence-corrected chi connectivity index (χ4v) is 2.31. The highest BCUT2D eigenvalue weighted by Crippen LogP contribution is 2.12. The van der Waals surface area contributed by atoms with E-state index in [4.69, 9.17) is 4.74 Å². The van der Waals surface area contributed by atoms with Crippen molar-refractivity contribution in [1.29, 1.82) is 0 Å². The van der Waals surface area contributed by atoms with Crippen molar-refractivity contribution >= 4 is 11.8 Å². The number of hydrogen-bond donors (Lipinski definition) is 1. The summed E-state index contributed by atoms with van der Waals surface area (Å²) in [6.07, 6.45) is 1.06. The van der Waals surface area contributed by atoms with Gasteiger partial charge in [0.1, 0.15) is 11.8 Å². The van der Waals surface area contributed by atoms with Gasteiger partial charge in [-0.25, -0.2) is 0 Å². The predicted molar refractivity (Wildman–Crippen MR) is 80.1 cm³/mol. The van der Waals surface area contributed by atoms with Gasteiger partial charge in [0.25, 0.3) is 0 Å². The molecule has 1 aromatic rings. The first-order chi connectivity index (χ1) is 10.1. The molecule has 0 aromatic heterocycles. The lowest BCUT2D eigenvalue weighted by atomic mass is 10.1. The normalized spacial score (nSPS) is 18.3. The molecule has 1 N–H and O–H groups in total. The molecule has 0 aliphatic carbocycles. The standard InChI is InChI=1S/C16H22N2O3/c1-12-5-7-14(8-6-12)21-11-3-4-15(19)18-10-9-17-16(20)13(18)2/h5-8,13H,3-4,9-11H2,1-2H3,(H,17,20). The molecular formula is C16H22N2O3. The molecule has 1 unspecified atom stereocenters. The molecule has 1 aromatic carbocycles. The van der Waals surface area contributed by atoms with Crippen LogP contribution in [0.15, 0.2) is 24.3 Å². The third-order valence-electron chi connectivity index (χ3n) is 3.64. The second kappa shape index (κ2) is 7.11. The Labute approximate surface area is 125 Å². The van der Waals surface area contributed by atoms with E-state index in [0.29, 0.717) is 32.5 Å². The van der Waals surface area contributed by atoms with E-state index in [1.807, 2.05) is 31.2 Å². The van der Waals surface area contributed by atoms with Gasteiger partial charge in [0, 0.05) is 19.5 Å². The molecule has 0 saturated carbocycles. The second-order valence-electron chi connectivity index (χ2n) is 5.32. The van der Waals surface area contributed by atoms with Crippen LogP contribution < -0.4 is 10.1 Å². The number of hydrogen-bond acceptors (Lipinski definition) is 3. The Morgan fingerprint density at radius 2 is 2.10 bits per heavy atom. The summed E-state index contributed by atoms with van der Waals surface area (Å²) < 4.78 is 5.60. The van der Waals surface area contributed by atoms with E-state index < -0.39 is 0 Å². The van der Waals surface area contributed by atoms with Gasteiger partial charge in [-0.1, -0.05) is 17.7 Å². The molecule has 1 aliphatic rings. The Balaban J connectivity index is 1.71. The zero-order valence-electron chi connectivity index (χ0n) is 12.6. The molecule has 0 bridgehead atoms. The Morgan fingerprint density at radius 3 is 2.81 bits per heavy atom. The average Bonchev–Trinajstić information content (AvgIpc) is 2.48. The quantitative estimate of drug-likeness (QED) is 0.836. The number of ether oxygens (including phenoxy) is 1. The van der Waals surface area contributed by atoms with Gasteiger partial charge in [0.05, 0.1) is 6.61 Å². The number of amides is 2. The minimum atomic E-state index is -0.371. The van der Waals surface area contributed by atoms with Crippen LogP contribution >= 0.6 is 0 Å². The summed E-state index contributed by atoms with van der Waals surface area (Å²) in [5, 5.41) is 2.75. The SMILES string of the molecule is Cc1ccc(OCCCC(=O)N2CCNC(=O)C2C)cc1. The molecule has 2 amide bonds. The maximum atomic E-state index is 12.1. The summed E-state index contributed by atoms with van der Waals surface area (Å²) in [6, 6.07) is 7.47. The number of aryl methyl sites for hydroxylation is 1. The van der Waals surface area contributed by atoms with Gasteiger partial charge in [0.2, 0.25) is 11.8 Å². The van der Waals surface area contributed by atoms with Gasteiger partial charge in [-0.2, -0.15) is 0 Å². The lowest BCUT2D eigenvalue weighted by Crippen LogP contribution is -2.55. The molecule has 0 spiro atoms. The maximum Gasteiger partial charge on any atom is 0.242 e. The summed E-state index contributed by atoms with van der Waals surface area (Å²) >= 11 is 0. The zero-order chi connectivity index (χ0) is 15.2. The molecule has 1 fully saturated rings. The number of rotatable bonds is 5. The van der Waals surface area contributed by atoms with Crippen molar-refractivity contribution in [3.8, 4) is 5.75 Å². The summed E-state index contributed by atoms with van der Waals surface area (Å²) in [7, 11) is 0. The Morgan fingerprint density at radius 1 is 1.38 bits per heavy atom. The highest BCUT2D eigenvalue weighted by molar-refractivity contribution is 5.88. The fourth-order valence-electron chi connectivity index (χ4n) is 2.31. The molecule has 1 aliphatic heterocycles. The van der Waals surface area contributed by atoms with E-state index in [2.05, 4.69) is 5.32 Å². The minimum Gasteiger partial charge on any atom is -0.494 e. The van der Waals surface area contributed by atoms with Crippen LogP contribution in [-0.4, -0.2) is 42.5 Å². The predicted octanol–water partition coefficient (Wildman–Crippen LogP) is 1.50. The average molecular weight is 290 g/mol. The van der Waals surface area contributed by atoms with Crippen molar-refractivity contribution < 1.29 is 14.3 Å². The molecule has 2 rings (SSSR count). The highest BCUT2D eigenvalue weighted by Gasteiger charge is 2.28. The molecule has 114 valence electrons. The lowest BCUT2D eigenvalue weighted by molar-refractivity contribution is -0.142. The topological polar surface area (TPSA) is 58.6 Å². The Kier molecular flexibility index (Phi) is 5.20. The zero-order valence-corrected chi connectivity index (χ0v) is 12.6. The van der Waals surface area contributed by atoms with Crippen LogP contribution in [0.5, 0.6) is 5.75 Å². The van der Waals surface area contributed by atoms with Gasteiger partial charge in [-0.05, 0) is 32.4 Å². The summed E-state index contributed by atoms with van der Waals surface area (Å²) in [5.41, 5.74) is 1.19. The molecule has 5 nitrogen and oxygen atoms in total. The first-order valence-electron chi connectivity index (χ1n) is 7.34. The second-order valence-corrected chi connectivity index (χ2v) is 5.32. The number of piperazine rings is 1. The van der Waals surface area contributed by atoms with Gasteiger partial charge in [-0.3, -0.25) is 9.59 Å². The molecule has 5 heteroatoms. The summed E-state index contributed by atoms with van der Waals surface area (Å²) in [5.74, 6) is 0.758. The van der Waals surface area contributed by atoms with Crippen LogP contribution in [0.25, 0.3) is 0 Å². The minimum absolute atomic E-state index is 0.0184. The molecule has 21 heavy (non-hydrogen) atoms. The first kappa shape index (κ1) is 15.4. The van der Waals surface area contributed by atoms with E-state index in [-0.39, 0.29) is 17.9 Å². The van der Waals surface area contributed by atoms with E-state index in [9.17, 15) is 9.59 Å². The Bertz CT molecular complexity index is 499. The van der Waals surface area contributed by atoms with Crippen molar-refractivity contribution in [2.45, 2.75) is 32.7 Å². The number of nitrogens with one attached hydrogen (secondary N) is 1. The van der Waals surface area contributed by atoms with Crippen molar-refractivity contribution in [2.24, 2.45) is 0 Å². The number of carbonyl (C=O) groups excluding carboxylic acids is 2. The highest BCUT2D eigenvalue weighted by atomic mass is 16.5. The summed E-state index contributed by atoms with van der Waals surface area (Å²) in [4.78, 5) is 25.3. The molecule has 1 heterocycles. The lowest BCUT2D eigenvalue weighted by Gasteiger charge is -2.32. The van der Waals surface area contributed by atoms with Crippen LogP contribution in [-0.2, 0) is 9.59 Å². The smallest absolute Gasteiger partial charge is 0.242 e. The van der Waals surface area contributed by atoms with Crippen LogP contribution in [0.1, 0.15) is 25.3 Å². The maximum absolute atomic E-state index is 12.1. The number of benzene rings is 1. The molecule has 1 atom stereocenters. The number of nitrogens with zero attached hydrogens (tertiary/aromatic N) is 1. The van der Waals surface area contributed by atoms with E-state index in [0.717, 1.165) is 5.75 Å². The van der Waals surface area contributed by atoms with Crippen molar-refractivity contribution in [2.75, 3.05) is 19.7 Å². The number of carbonyl (C=O) groups is 2. The van der Waals surface area contributed by atoms with Crippen LogP contribution in [0.4, 0.5) is 0 Å². The van der Waals surface area contributed by atoms with Crippen LogP contribution in [0.3, 0.4) is 0 Å². The first-order valence-corrected chi connectivity index (χ1v) is 7.34.